The summed E-state index contributed by atoms with van der Waals surface area (Å²) in [5.41, 5.74) is 0. The molecular weight excluding hydrogens is 386 g/mol. The van der Waals surface area contributed by atoms with E-state index in [0.29, 0.717) is 0 Å². The summed E-state index contributed by atoms with van der Waals surface area (Å²) in [7, 11) is -0.893. The number of rotatable bonds is 8. The fraction of sp³-hybridized carbons (Fsp3) is 0.571. The first-order valence-corrected chi connectivity index (χ1v) is 10.0. The molecule has 0 aliphatic carbocycles. The molecule has 12 heteroatoms. The maximum Gasteiger partial charge on any atom is 0.309 e. The average molecular weight is 407 g/mol. The van der Waals surface area contributed by atoms with E-state index < -0.39 is 34.4 Å². The summed E-state index contributed by atoms with van der Waals surface area (Å²) in [4.78, 5) is 23.6. The Morgan fingerprint density at radius 2 is 2.04 bits per heavy atom. The standard InChI is InChI=1S/C14H21N3O7S2/c1-22-11(23-2)9-16-14(19)13(18)15-8-10-17(5-6-24-10)26(20,21)12-4-3-7-25-12/h3-4,7,10-11H,5-6,8-9H2,1-2H3,(H,15,18)(H,16,19)/t10-/m0/s1. The summed E-state index contributed by atoms with van der Waals surface area (Å²) in [5.74, 6) is -1.78. The van der Waals surface area contributed by atoms with Gasteiger partial charge in [0.15, 0.2) is 6.29 Å². The maximum absolute atomic E-state index is 12.6. The van der Waals surface area contributed by atoms with E-state index in [1.165, 1.54) is 24.6 Å². The number of carbonyl (C=O) groups is 2. The van der Waals surface area contributed by atoms with Crippen molar-refractivity contribution >= 4 is 33.2 Å². The SMILES string of the molecule is COC(CNC(=O)C(=O)NC[C@@H]1OCCN1S(=O)(=O)c1cccs1)OC. The lowest BCUT2D eigenvalue weighted by Gasteiger charge is -2.22. The van der Waals surface area contributed by atoms with Crippen LogP contribution >= 0.6 is 11.3 Å². The molecule has 2 amide bonds. The lowest BCUT2D eigenvalue weighted by molar-refractivity contribution is -0.142. The van der Waals surface area contributed by atoms with E-state index in [4.69, 9.17) is 14.2 Å². The highest BCUT2D eigenvalue weighted by Gasteiger charge is 2.37. The molecule has 2 N–H and O–H groups in total. The summed E-state index contributed by atoms with van der Waals surface area (Å²) >= 11 is 1.10. The highest BCUT2D eigenvalue weighted by atomic mass is 32.2. The summed E-state index contributed by atoms with van der Waals surface area (Å²) in [6.07, 6.45) is -1.54. The number of sulfonamides is 1. The number of thiophene rings is 1. The van der Waals surface area contributed by atoms with Crippen LogP contribution in [0.3, 0.4) is 0 Å². The van der Waals surface area contributed by atoms with Gasteiger partial charge in [-0.3, -0.25) is 9.59 Å². The molecule has 1 aromatic heterocycles. The van der Waals surface area contributed by atoms with Crippen molar-refractivity contribution in [3.05, 3.63) is 17.5 Å². The Morgan fingerprint density at radius 1 is 1.35 bits per heavy atom. The molecule has 26 heavy (non-hydrogen) atoms. The van der Waals surface area contributed by atoms with Crippen LogP contribution in [0, 0.1) is 0 Å². The minimum Gasteiger partial charge on any atom is -0.359 e. The van der Waals surface area contributed by atoms with Gasteiger partial charge < -0.3 is 24.8 Å². The molecule has 0 aromatic carbocycles. The predicted octanol–water partition coefficient (Wildman–Crippen LogP) is -1.05. The van der Waals surface area contributed by atoms with Gasteiger partial charge in [-0.2, -0.15) is 4.31 Å². The number of carbonyl (C=O) groups excluding carboxylic acids is 2. The number of hydrogen-bond acceptors (Lipinski definition) is 8. The van der Waals surface area contributed by atoms with Crippen LogP contribution in [0.1, 0.15) is 0 Å². The molecule has 0 bridgehead atoms. The molecule has 10 nitrogen and oxygen atoms in total. The summed E-state index contributed by atoms with van der Waals surface area (Å²) in [6, 6.07) is 3.15. The quantitative estimate of drug-likeness (QED) is 0.416. The molecule has 1 aliphatic heterocycles. The average Bonchev–Trinajstić information content (AvgIpc) is 3.32. The number of ether oxygens (including phenoxy) is 3. The molecule has 0 saturated carbocycles. The van der Waals surface area contributed by atoms with Crippen LogP contribution in [0.2, 0.25) is 0 Å². The highest BCUT2D eigenvalue weighted by Crippen LogP contribution is 2.25. The van der Waals surface area contributed by atoms with Crippen molar-refractivity contribution in [2.24, 2.45) is 0 Å². The number of methoxy groups -OCH3 is 2. The van der Waals surface area contributed by atoms with E-state index in [-0.39, 0.29) is 30.5 Å². The fourth-order valence-electron chi connectivity index (χ4n) is 2.25. The molecule has 1 saturated heterocycles. The molecule has 0 unspecified atom stereocenters. The first-order valence-electron chi connectivity index (χ1n) is 7.68. The van der Waals surface area contributed by atoms with Crippen LogP contribution < -0.4 is 10.6 Å². The van der Waals surface area contributed by atoms with Crippen LogP contribution in [0.25, 0.3) is 0 Å². The Bertz CT molecular complexity index is 704. The third kappa shape index (κ3) is 4.99. The van der Waals surface area contributed by atoms with Crippen LogP contribution in [0.15, 0.2) is 21.7 Å². The Morgan fingerprint density at radius 3 is 2.65 bits per heavy atom. The molecule has 1 aliphatic rings. The zero-order chi connectivity index (χ0) is 19.2. The van der Waals surface area contributed by atoms with Crippen LogP contribution in [-0.4, -0.2) is 77.5 Å². The van der Waals surface area contributed by atoms with E-state index in [9.17, 15) is 18.0 Å². The Labute approximate surface area is 155 Å². The van der Waals surface area contributed by atoms with Gasteiger partial charge in [0.25, 0.3) is 10.0 Å². The number of hydrogen-bond donors (Lipinski definition) is 2. The second-order valence-electron chi connectivity index (χ2n) is 5.19. The van der Waals surface area contributed by atoms with Gasteiger partial charge in [-0.05, 0) is 11.4 Å². The van der Waals surface area contributed by atoms with Crippen molar-refractivity contribution in [2.75, 3.05) is 40.5 Å². The van der Waals surface area contributed by atoms with Gasteiger partial charge in [-0.25, -0.2) is 8.42 Å². The zero-order valence-electron chi connectivity index (χ0n) is 14.3. The van der Waals surface area contributed by atoms with E-state index in [0.717, 1.165) is 11.3 Å². The molecular formula is C14H21N3O7S2. The molecule has 0 radical (unpaired) electrons. The minimum absolute atomic E-state index is 0.00192. The summed E-state index contributed by atoms with van der Waals surface area (Å²) in [5, 5.41) is 6.39. The van der Waals surface area contributed by atoms with Gasteiger partial charge in [0.1, 0.15) is 10.4 Å². The van der Waals surface area contributed by atoms with Gasteiger partial charge in [0, 0.05) is 20.8 Å². The second-order valence-corrected chi connectivity index (χ2v) is 8.26. The third-order valence-electron chi connectivity index (χ3n) is 3.60. The highest BCUT2D eigenvalue weighted by molar-refractivity contribution is 7.91. The van der Waals surface area contributed by atoms with E-state index in [2.05, 4.69) is 10.6 Å². The molecule has 1 aromatic rings. The van der Waals surface area contributed by atoms with Crippen molar-refractivity contribution < 1.29 is 32.2 Å². The lowest BCUT2D eigenvalue weighted by atomic mass is 10.4. The molecule has 1 fully saturated rings. The first-order chi connectivity index (χ1) is 12.4. The van der Waals surface area contributed by atoms with Crippen molar-refractivity contribution in [3.8, 4) is 0 Å². The Balaban J connectivity index is 1.88. The number of nitrogens with zero attached hydrogens (tertiary/aromatic N) is 1. The fourth-order valence-corrected chi connectivity index (χ4v) is 4.88. The molecule has 2 rings (SSSR count). The van der Waals surface area contributed by atoms with Gasteiger partial charge in [0.2, 0.25) is 0 Å². The Hall–Kier alpha value is -1.57. The van der Waals surface area contributed by atoms with Gasteiger partial charge in [-0.1, -0.05) is 6.07 Å². The molecule has 0 spiro atoms. The zero-order valence-corrected chi connectivity index (χ0v) is 16.0. The van der Waals surface area contributed by atoms with Gasteiger partial charge in [-0.15, -0.1) is 11.3 Å². The number of nitrogens with one attached hydrogen (secondary N) is 2. The minimum atomic E-state index is -3.70. The van der Waals surface area contributed by atoms with Crippen molar-refractivity contribution in [3.63, 3.8) is 0 Å². The van der Waals surface area contributed by atoms with Crippen LogP contribution in [0.4, 0.5) is 0 Å². The maximum atomic E-state index is 12.6. The van der Waals surface area contributed by atoms with Gasteiger partial charge >= 0.3 is 11.8 Å². The van der Waals surface area contributed by atoms with E-state index >= 15 is 0 Å². The molecule has 2 heterocycles. The third-order valence-corrected chi connectivity index (χ3v) is 6.86. The second kappa shape index (κ2) is 9.39. The molecule has 1 atom stereocenters. The predicted molar refractivity (Wildman–Crippen MR) is 91.8 cm³/mol. The Kier molecular flexibility index (Phi) is 7.49. The van der Waals surface area contributed by atoms with E-state index in [1.807, 2.05) is 0 Å². The normalized spacial score (nSPS) is 18.2. The lowest BCUT2D eigenvalue weighted by Crippen LogP contribution is -2.48. The van der Waals surface area contributed by atoms with Crippen molar-refractivity contribution in [2.45, 2.75) is 16.7 Å². The largest absolute Gasteiger partial charge is 0.359 e. The number of amides is 2. The molecule has 146 valence electrons. The smallest absolute Gasteiger partial charge is 0.309 e. The van der Waals surface area contributed by atoms with E-state index in [1.54, 1.807) is 11.4 Å². The van der Waals surface area contributed by atoms with Gasteiger partial charge in [0.05, 0.1) is 19.7 Å². The summed E-state index contributed by atoms with van der Waals surface area (Å²) < 4.78 is 41.7. The van der Waals surface area contributed by atoms with Crippen LogP contribution in [0.5, 0.6) is 0 Å². The van der Waals surface area contributed by atoms with Crippen LogP contribution in [-0.2, 0) is 33.8 Å². The summed E-state index contributed by atoms with van der Waals surface area (Å²) in [6.45, 7) is 0.240. The monoisotopic (exact) mass is 407 g/mol. The van der Waals surface area contributed by atoms with Crippen molar-refractivity contribution in [1.29, 1.82) is 0 Å². The first kappa shape index (κ1) is 20.7. The van der Waals surface area contributed by atoms with Crippen molar-refractivity contribution in [1.82, 2.24) is 14.9 Å². The topological polar surface area (TPSA) is 123 Å².